The summed E-state index contributed by atoms with van der Waals surface area (Å²) in [6, 6.07) is 12.8. The summed E-state index contributed by atoms with van der Waals surface area (Å²) in [5, 5.41) is 28.3. The van der Waals surface area contributed by atoms with Gasteiger partial charge in [-0.2, -0.15) is 65.5 Å². The van der Waals surface area contributed by atoms with Crippen molar-refractivity contribution in [2.45, 2.75) is 29.4 Å². The molecule has 46 heteroatoms. The molecule has 1 heterocycles. The van der Waals surface area contributed by atoms with Crippen LogP contribution >= 0.6 is 11.6 Å². The number of phenols is 1. The van der Waals surface area contributed by atoms with Crippen molar-refractivity contribution in [3.8, 4) is 5.75 Å². The number of benzene rings is 6. The Kier molecular flexibility index (Phi) is 29.5. The van der Waals surface area contributed by atoms with Gasteiger partial charge in [0.1, 0.15) is 47.2 Å². The number of nitrogens with one attached hydrogen (secondary N) is 2. The number of aromatic hydroxyl groups is 1. The number of fused-ring (bicyclic) bond motifs is 2. The average molecular weight is 1360 g/mol. The van der Waals surface area contributed by atoms with Crippen molar-refractivity contribution in [3.05, 3.63) is 90.2 Å². The average Bonchev–Trinajstić information content (AvgIpc) is 3.28. The zero-order valence-electron chi connectivity index (χ0n) is 43.2. The predicted octanol–water partition coefficient (Wildman–Crippen LogP) is -12.7. The molecule has 0 bridgehead atoms. The van der Waals surface area contributed by atoms with Crippen molar-refractivity contribution < 1.29 is 273 Å². The van der Waals surface area contributed by atoms with Gasteiger partial charge < -0.3 is 21.5 Å². The fourth-order valence-electron chi connectivity index (χ4n) is 6.92. The van der Waals surface area contributed by atoms with Crippen LogP contribution < -0.4 is 194 Å². The number of hydrogen-bond acceptors (Lipinski definition) is 26. The molecule has 7 rings (SSSR count). The Morgan fingerprint density at radius 2 is 1.02 bits per heavy atom. The number of hydrogen-bond donors (Lipinski definition) is 10. The summed E-state index contributed by atoms with van der Waals surface area (Å²) < 4.78 is 236. The van der Waals surface area contributed by atoms with Gasteiger partial charge in [0.15, 0.2) is 15.6 Å². The molecule has 0 unspecified atom stereocenters. The number of anilines is 5. The maximum atomic E-state index is 12.8. The van der Waals surface area contributed by atoms with E-state index in [9.17, 15) is 86.8 Å². The van der Waals surface area contributed by atoms with Crippen LogP contribution in [0.2, 0.25) is 5.28 Å². The van der Waals surface area contributed by atoms with E-state index in [0.717, 1.165) is 60.7 Å². The van der Waals surface area contributed by atoms with Gasteiger partial charge >= 0.3 is 188 Å². The second-order valence-electron chi connectivity index (χ2n) is 15.1. The number of halogens is 1. The third kappa shape index (κ3) is 20.0. The third-order valence-corrected chi connectivity index (χ3v) is 16.8. The Morgan fingerprint density at radius 1 is 0.518 bits per heavy atom. The molecule has 0 saturated carbocycles. The molecular weight excluding hydrogens is 1330 g/mol. The quantitative estimate of drug-likeness (QED) is 0.0165. The van der Waals surface area contributed by atoms with Gasteiger partial charge in [-0.25, -0.2) is 12.6 Å². The molecule has 7 aromatic rings. The molecule has 1 aromatic heterocycles. The molecule has 0 amide bonds. The summed E-state index contributed by atoms with van der Waals surface area (Å²) in [6.45, 7) is -0.920. The molecule has 0 aliphatic heterocycles. The number of nitrogens with zero attached hydrogens (tertiary/aromatic N) is 7. The first-order chi connectivity index (χ1) is 35.4. The molecule has 11 N–H and O–H groups in total. The van der Waals surface area contributed by atoms with Crippen LogP contribution in [-0.4, -0.2) is 119 Å². The molecule has 0 aliphatic rings. The van der Waals surface area contributed by atoms with E-state index >= 15 is 0 Å². The zero-order valence-corrected chi connectivity index (χ0v) is 61.7. The van der Waals surface area contributed by atoms with Crippen molar-refractivity contribution in [2.75, 3.05) is 28.7 Å². The van der Waals surface area contributed by atoms with E-state index in [-0.39, 0.29) is 200 Å². The van der Waals surface area contributed by atoms with Crippen molar-refractivity contribution in [1.82, 2.24) is 15.0 Å². The topological polar surface area (TPSA) is 528 Å². The van der Waals surface area contributed by atoms with Crippen molar-refractivity contribution >= 4 is 156 Å². The van der Waals surface area contributed by atoms with Crippen molar-refractivity contribution in [3.63, 3.8) is 0 Å². The SMILES string of the molecule is Nc1c(N=Nc2cc(Nc3nc(Cl)nc(Nc4cccc(S(=O)(=O)CCOS(=O)(=O)O)c4)n3)ccc2S(=O)(=O)O)c(S(=O)(=O)O)cc2cc(S(=O)(=O)O)c(N=Nc3ccc4c(S(=O)(=O)O)cccc4c3S(=O)(=O)O)c(O)c12.[Na+].[Na+].[Na+].[Na+].[Na+].[Na+]. The van der Waals surface area contributed by atoms with Gasteiger partial charge in [0.25, 0.3) is 50.6 Å². The van der Waals surface area contributed by atoms with E-state index in [1.165, 1.54) is 12.1 Å². The minimum Gasteiger partial charge on any atom is -0.505 e. The molecular formula is C37H29ClN10Na6O22S7+6. The number of aromatic nitrogens is 3. The summed E-state index contributed by atoms with van der Waals surface area (Å²) in [5.41, 5.74) is 0.969. The van der Waals surface area contributed by atoms with E-state index in [4.69, 9.17) is 21.9 Å². The van der Waals surface area contributed by atoms with Crippen LogP contribution in [0.4, 0.5) is 51.7 Å². The number of rotatable bonds is 18. The Balaban J connectivity index is 0.00000574. The standard InChI is InChI=1S/C37H29ClN10O22S7.6Na/c38-35-42-36(40-18-3-1-4-20(15-18)71(50,51)12-11-70-77(67,68)69)44-37(43-35)41-19-7-10-26(73(55,56)57)24(16-19)46-47-31-27(74(58,59)60)13-17-14-28(75(61,62)63)32(33(49)29(17)30(31)39)48-45-23-9-8-21-22(34(23)76(64,65)66)5-2-6-25(21)72(52,53)54;;;;;;/h1-10,13-16,49H,11-12,39H2,(H,52,53,54)(H,55,56,57)(H,58,59,60)(H,61,62,63)(H,64,65,66)(H,67,68,69)(H2,40,41,42,43,44);;;;;;/q;6*+1. The zero-order chi connectivity index (χ0) is 57.0. The minimum atomic E-state index is -5.57. The second kappa shape index (κ2) is 30.6. The molecule has 0 spiro atoms. The van der Waals surface area contributed by atoms with Crippen LogP contribution in [0.5, 0.6) is 5.75 Å². The normalized spacial score (nSPS) is 12.3. The molecule has 0 saturated heterocycles. The molecule has 0 fully saturated rings. The monoisotopic (exact) mass is 1360 g/mol. The van der Waals surface area contributed by atoms with E-state index in [1.54, 1.807) is 0 Å². The largest absolute Gasteiger partial charge is 1.00 e. The van der Waals surface area contributed by atoms with Gasteiger partial charge in [-0.05, 0) is 77.7 Å². The van der Waals surface area contributed by atoms with E-state index in [2.05, 4.69) is 50.2 Å². The van der Waals surface area contributed by atoms with Gasteiger partial charge in [0, 0.05) is 22.1 Å². The first-order valence-corrected chi connectivity index (χ1v) is 30.4. The number of nitrogens with two attached hydrogens (primary N) is 1. The Hall–Kier alpha value is -1.09. The predicted molar refractivity (Wildman–Crippen MR) is 265 cm³/mol. The maximum Gasteiger partial charge on any atom is 1.00 e. The molecule has 32 nitrogen and oxygen atoms in total. The third-order valence-electron chi connectivity index (χ3n) is 10.0. The van der Waals surface area contributed by atoms with Crippen molar-refractivity contribution in [1.29, 1.82) is 0 Å². The van der Waals surface area contributed by atoms with Gasteiger partial charge in [0.05, 0.1) is 28.3 Å². The van der Waals surface area contributed by atoms with Gasteiger partial charge in [0.2, 0.25) is 17.2 Å². The van der Waals surface area contributed by atoms with E-state index < -0.39 is 175 Å². The summed E-state index contributed by atoms with van der Waals surface area (Å²) in [6.07, 6.45) is 0. The summed E-state index contributed by atoms with van der Waals surface area (Å²) in [5.74, 6) is -3.02. The summed E-state index contributed by atoms with van der Waals surface area (Å²) >= 11 is 6.10. The van der Waals surface area contributed by atoms with Crippen LogP contribution in [0, 0.1) is 0 Å². The second-order valence-corrected chi connectivity index (χ2v) is 25.6. The maximum absolute atomic E-state index is 12.8. The van der Waals surface area contributed by atoms with Crippen LogP contribution in [0.3, 0.4) is 0 Å². The number of sulfone groups is 1. The van der Waals surface area contributed by atoms with Crippen LogP contribution in [0.15, 0.2) is 135 Å². The van der Waals surface area contributed by atoms with Crippen LogP contribution in [0.25, 0.3) is 21.5 Å². The molecule has 408 valence electrons. The smallest absolute Gasteiger partial charge is 0.505 e. The molecule has 0 aliphatic carbocycles. The Bertz CT molecular complexity index is 4580. The number of azo groups is 2. The van der Waals surface area contributed by atoms with Gasteiger partial charge in [-0.1, -0.05) is 24.3 Å². The molecule has 6 aromatic carbocycles. The molecule has 0 radical (unpaired) electrons. The molecule has 0 atom stereocenters. The summed E-state index contributed by atoms with van der Waals surface area (Å²) in [4.78, 5) is 5.82. The van der Waals surface area contributed by atoms with Gasteiger partial charge in [-0.3, -0.25) is 27.3 Å². The number of phenolic OH excluding ortho intramolecular Hbond substituents is 1. The van der Waals surface area contributed by atoms with Crippen LogP contribution in [-0.2, 0) is 75.0 Å². The summed E-state index contributed by atoms with van der Waals surface area (Å²) in [7, 11) is -35.9. The molecule has 83 heavy (non-hydrogen) atoms. The minimum absolute atomic E-state index is 0. The van der Waals surface area contributed by atoms with Crippen molar-refractivity contribution in [2.24, 2.45) is 20.5 Å². The Morgan fingerprint density at radius 3 is 1.55 bits per heavy atom. The fourth-order valence-corrected chi connectivity index (χ4v) is 12.1. The number of nitrogen functional groups attached to an aromatic ring is 1. The first kappa shape index (κ1) is 79.9. The van der Waals surface area contributed by atoms with E-state index in [1.807, 2.05) is 0 Å². The van der Waals surface area contributed by atoms with E-state index in [0.29, 0.717) is 12.1 Å². The fraction of sp³-hybridized carbons (Fsp3) is 0.0541. The van der Waals surface area contributed by atoms with Gasteiger partial charge in [-0.15, -0.1) is 20.5 Å². The Labute approximate surface area is 608 Å². The van der Waals surface area contributed by atoms with Crippen LogP contribution in [0.1, 0.15) is 0 Å². The first-order valence-electron chi connectivity index (χ1n) is 19.9.